The molecule has 0 aromatic rings. The Bertz CT molecular complexity index is 263. The fraction of sp³-hybridized carbons (Fsp3) is 1.00. The van der Waals surface area contributed by atoms with Crippen molar-refractivity contribution in [1.29, 1.82) is 0 Å². The average molecular weight is 227 g/mol. The second kappa shape index (κ2) is 3.95. The molecule has 0 aromatic carbocycles. The van der Waals surface area contributed by atoms with Crippen LogP contribution in [-0.2, 0) is 4.74 Å². The van der Waals surface area contributed by atoms with E-state index in [2.05, 4.69) is 5.32 Å². The second-order valence-electron chi connectivity index (χ2n) is 6.01. The Morgan fingerprint density at radius 1 is 1.19 bits per heavy atom. The van der Waals surface area contributed by atoms with Crippen molar-refractivity contribution in [1.82, 2.24) is 5.32 Å². The van der Waals surface area contributed by atoms with Crippen molar-refractivity contribution in [2.24, 2.45) is 11.8 Å². The van der Waals surface area contributed by atoms with E-state index < -0.39 is 5.67 Å². The summed E-state index contributed by atoms with van der Waals surface area (Å²) in [4.78, 5) is 0. The van der Waals surface area contributed by atoms with Crippen LogP contribution in [-0.4, -0.2) is 31.0 Å². The molecule has 0 spiro atoms. The molecule has 3 heteroatoms. The van der Waals surface area contributed by atoms with Gasteiger partial charge >= 0.3 is 0 Å². The van der Waals surface area contributed by atoms with Gasteiger partial charge in [-0.3, -0.25) is 0 Å². The number of nitrogens with one attached hydrogen (secondary N) is 1. The van der Waals surface area contributed by atoms with Crippen LogP contribution in [0.3, 0.4) is 0 Å². The lowest BCUT2D eigenvalue weighted by atomic mass is 9.70. The number of hydrogen-bond donors (Lipinski definition) is 1. The highest BCUT2D eigenvalue weighted by molar-refractivity contribution is 5.06. The number of rotatable bonds is 1. The van der Waals surface area contributed by atoms with Gasteiger partial charge in [-0.2, -0.15) is 0 Å². The van der Waals surface area contributed by atoms with E-state index in [0.29, 0.717) is 24.4 Å². The Morgan fingerprint density at radius 2 is 1.94 bits per heavy atom. The third kappa shape index (κ3) is 1.78. The zero-order chi connectivity index (χ0) is 11.2. The quantitative estimate of drug-likeness (QED) is 0.742. The average Bonchev–Trinajstić information content (AvgIpc) is 2.62. The summed E-state index contributed by atoms with van der Waals surface area (Å²) in [5.41, 5.74) is -0.959. The zero-order valence-corrected chi connectivity index (χ0v) is 10.0. The first kappa shape index (κ1) is 11.0. The van der Waals surface area contributed by atoms with Gasteiger partial charge < -0.3 is 10.1 Å². The van der Waals surface area contributed by atoms with Crippen molar-refractivity contribution in [2.45, 2.75) is 56.8 Å². The molecule has 3 heterocycles. The molecule has 1 N–H and O–H groups in total. The van der Waals surface area contributed by atoms with Gasteiger partial charge in [-0.05, 0) is 44.9 Å². The molecule has 3 saturated heterocycles. The minimum absolute atomic E-state index is 0.218. The molecule has 2 nitrogen and oxygen atoms in total. The van der Waals surface area contributed by atoms with Crippen molar-refractivity contribution in [2.75, 3.05) is 13.2 Å². The molecule has 0 aromatic heterocycles. The van der Waals surface area contributed by atoms with E-state index in [0.717, 1.165) is 26.1 Å². The summed E-state index contributed by atoms with van der Waals surface area (Å²) < 4.78 is 20.2. The first-order chi connectivity index (χ1) is 7.67. The van der Waals surface area contributed by atoms with Crippen LogP contribution in [0.15, 0.2) is 0 Å². The van der Waals surface area contributed by atoms with E-state index in [1.807, 2.05) is 6.92 Å². The molecule has 3 aliphatic heterocycles. The number of alkyl halides is 1. The molecule has 16 heavy (non-hydrogen) atoms. The van der Waals surface area contributed by atoms with Gasteiger partial charge in [0.05, 0.1) is 0 Å². The largest absolute Gasteiger partial charge is 0.381 e. The van der Waals surface area contributed by atoms with E-state index in [4.69, 9.17) is 4.74 Å². The number of piperidine rings is 1. The summed E-state index contributed by atoms with van der Waals surface area (Å²) in [6.07, 6.45) is 5.15. The van der Waals surface area contributed by atoms with Crippen LogP contribution in [0.1, 0.15) is 39.0 Å². The Morgan fingerprint density at radius 3 is 2.69 bits per heavy atom. The van der Waals surface area contributed by atoms with Crippen LogP contribution in [0.4, 0.5) is 4.39 Å². The number of ether oxygens (including phenoxy) is 1. The molecule has 3 rings (SSSR count). The molecular formula is C13H22FNO. The minimum Gasteiger partial charge on any atom is -0.381 e. The first-order valence-electron chi connectivity index (χ1n) is 6.69. The van der Waals surface area contributed by atoms with Gasteiger partial charge in [0.25, 0.3) is 0 Å². The number of fused-ring (bicyclic) bond motifs is 2. The van der Waals surface area contributed by atoms with Crippen LogP contribution < -0.4 is 5.32 Å². The standard InChI is InChI=1S/C13H22FNO/c1-13(14)8-10-2-3-11(15-10)12(13)9-4-6-16-7-5-9/h9-12,15H,2-8H2,1H3. The van der Waals surface area contributed by atoms with Gasteiger partial charge in [-0.15, -0.1) is 0 Å². The van der Waals surface area contributed by atoms with Crippen molar-refractivity contribution < 1.29 is 9.13 Å². The predicted molar refractivity (Wildman–Crippen MR) is 61.1 cm³/mol. The van der Waals surface area contributed by atoms with Crippen molar-refractivity contribution in [3.8, 4) is 0 Å². The Hall–Kier alpha value is -0.150. The van der Waals surface area contributed by atoms with E-state index in [1.54, 1.807) is 0 Å². The third-order valence-corrected chi connectivity index (χ3v) is 4.82. The molecule has 0 saturated carbocycles. The fourth-order valence-electron chi connectivity index (χ4n) is 4.23. The summed E-state index contributed by atoms with van der Waals surface area (Å²) in [6, 6.07) is 0.868. The van der Waals surface area contributed by atoms with Crippen LogP contribution in [0.25, 0.3) is 0 Å². The molecule has 92 valence electrons. The molecule has 3 fully saturated rings. The van der Waals surface area contributed by atoms with Gasteiger partial charge in [0.1, 0.15) is 5.67 Å². The van der Waals surface area contributed by atoms with Crippen LogP contribution in [0, 0.1) is 11.8 Å². The maximum absolute atomic E-state index is 14.8. The lowest BCUT2D eigenvalue weighted by Gasteiger charge is -2.45. The van der Waals surface area contributed by atoms with Gasteiger partial charge in [-0.1, -0.05) is 0 Å². The van der Waals surface area contributed by atoms with Gasteiger partial charge in [-0.25, -0.2) is 4.39 Å². The van der Waals surface area contributed by atoms with E-state index in [-0.39, 0.29) is 5.92 Å². The molecule has 0 aliphatic carbocycles. The topological polar surface area (TPSA) is 21.3 Å². The first-order valence-corrected chi connectivity index (χ1v) is 6.69. The highest BCUT2D eigenvalue weighted by atomic mass is 19.1. The highest BCUT2D eigenvalue weighted by Gasteiger charge is 2.51. The molecule has 3 aliphatic rings. The summed E-state index contributed by atoms with van der Waals surface area (Å²) >= 11 is 0. The van der Waals surface area contributed by atoms with Crippen LogP contribution in [0.5, 0.6) is 0 Å². The van der Waals surface area contributed by atoms with Crippen LogP contribution >= 0.6 is 0 Å². The number of hydrogen-bond acceptors (Lipinski definition) is 2. The van der Waals surface area contributed by atoms with E-state index in [9.17, 15) is 4.39 Å². The maximum Gasteiger partial charge on any atom is 0.114 e. The smallest absolute Gasteiger partial charge is 0.114 e. The predicted octanol–water partition coefficient (Wildman–Crippen LogP) is 2.28. The SMILES string of the molecule is CC1(F)CC2CCC(N2)C1C1CCOCC1. The lowest BCUT2D eigenvalue weighted by Crippen LogP contribution is -2.55. The molecule has 4 unspecified atom stereocenters. The lowest BCUT2D eigenvalue weighted by molar-refractivity contribution is -0.0382. The Kier molecular flexibility index (Phi) is 2.71. The zero-order valence-electron chi connectivity index (χ0n) is 10.0. The van der Waals surface area contributed by atoms with E-state index >= 15 is 0 Å². The summed E-state index contributed by atoms with van der Waals surface area (Å²) in [6.45, 7) is 3.49. The monoisotopic (exact) mass is 227 g/mol. The highest BCUT2D eigenvalue weighted by Crippen LogP contribution is 2.46. The molecule has 0 amide bonds. The summed E-state index contributed by atoms with van der Waals surface area (Å²) in [7, 11) is 0. The summed E-state index contributed by atoms with van der Waals surface area (Å²) in [5, 5.41) is 3.61. The van der Waals surface area contributed by atoms with Gasteiger partial charge in [0.2, 0.25) is 0 Å². The van der Waals surface area contributed by atoms with Crippen molar-refractivity contribution in [3.05, 3.63) is 0 Å². The molecule has 0 radical (unpaired) electrons. The molecule has 2 bridgehead atoms. The fourth-order valence-corrected chi connectivity index (χ4v) is 4.23. The third-order valence-electron chi connectivity index (χ3n) is 4.82. The van der Waals surface area contributed by atoms with Crippen LogP contribution in [0.2, 0.25) is 0 Å². The van der Waals surface area contributed by atoms with Crippen molar-refractivity contribution in [3.63, 3.8) is 0 Å². The van der Waals surface area contributed by atoms with Crippen molar-refractivity contribution >= 4 is 0 Å². The molecule has 4 atom stereocenters. The maximum atomic E-state index is 14.8. The minimum atomic E-state index is -0.959. The normalized spacial score (nSPS) is 49.5. The molecular weight excluding hydrogens is 205 g/mol. The van der Waals surface area contributed by atoms with Gasteiger partial charge in [0.15, 0.2) is 0 Å². The van der Waals surface area contributed by atoms with E-state index in [1.165, 1.54) is 12.8 Å². The second-order valence-corrected chi connectivity index (χ2v) is 6.01. The summed E-state index contributed by atoms with van der Waals surface area (Å²) in [5.74, 6) is 0.746. The number of halogens is 1. The Balaban J connectivity index is 1.79. The Labute approximate surface area is 96.9 Å². The van der Waals surface area contributed by atoms with Gasteiger partial charge in [0, 0.05) is 31.2 Å².